The van der Waals surface area contributed by atoms with Crippen molar-refractivity contribution in [1.29, 1.82) is 0 Å². The number of rotatable bonds is 4. The molecule has 0 radical (unpaired) electrons. The number of H-pyrrole nitrogens is 1. The molecule has 2 heterocycles. The van der Waals surface area contributed by atoms with Gasteiger partial charge in [-0.05, 0) is 58.0 Å². The van der Waals surface area contributed by atoms with Crippen LogP contribution in [0.4, 0.5) is 0 Å². The van der Waals surface area contributed by atoms with Crippen LogP contribution in [-0.2, 0) is 6.54 Å². The van der Waals surface area contributed by atoms with Gasteiger partial charge in [-0.15, -0.1) is 0 Å². The first-order valence-corrected chi connectivity index (χ1v) is 7.71. The van der Waals surface area contributed by atoms with Crippen LogP contribution >= 0.6 is 12.2 Å². The SMILES string of the molecule is CCC(C)n1c(C)cc(C)c(-c2n[nH]c(=S)n2CC)c1=O. The van der Waals surface area contributed by atoms with Gasteiger partial charge in [0.2, 0.25) is 0 Å². The molecular formula is C15H22N4OS. The van der Waals surface area contributed by atoms with E-state index in [1.807, 2.05) is 36.0 Å². The van der Waals surface area contributed by atoms with Crippen molar-refractivity contribution in [3.05, 3.63) is 32.4 Å². The number of hydrogen-bond acceptors (Lipinski definition) is 3. The number of aryl methyl sites for hydroxylation is 2. The molecule has 0 spiro atoms. The van der Waals surface area contributed by atoms with Crippen LogP contribution in [0, 0.1) is 18.6 Å². The second kappa shape index (κ2) is 5.97. The topological polar surface area (TPSA) is 55.6 Å². The molecule has 0 aliphatic heterocycles. The average Bonchev–Trinajstić information content (AvgIpc) is 2.78. The van der Waals surface area contributed by atoms with E-state index in [9.17, 15) is 4.79 Å². The molecule has 0 amide bonds. The predicted octanol–water partition coefficient (Wildman–Crippen LogP) is 3.38. The molecule has 5 nitrogen and oxygen atoms in total. The minimum atomic E-state index is 0.00514. The standard InChI is InChI=1S/C15H22N4OS/c1-6-10(4)19-11(5)8-9(3)12(14(19)20)13-16-17-15(21)18(13)7-2/h8,10H,6-7H2,1-5H3,(H,17,21). The van der Waals surface area contributed by atoms with E-state index < -0.39 is 0 Å². The van der Waals surface area contributed by atoms with Gasteiger partial charge in [0.25, 0.3) is 5.56 Å². The molecule has 0 aromatic carbocycles. The van der Waals surface area contributed by atoms with Crippen LogP contribution in [0.1, 0.15) is 44.5 Å². The maximum absolute atomic E-state index is 13.0. The number of hydrogen-bond donors (Lipinski definition) is 1. The second-order valence-electron chi connectivity index (χ2n) is 5.37. The van der Waals surface area contributed by atoms with Crippen LogP contribution in [0.5, 0.6) is 0 Å². The van der Waals surface area contributed by atoms with Crippen molar-refractivity contribution in [2.75, 3.05) is 0 Å². The zero-order valence-corrected chi connectivity index (χ0v) is 14.0. The number of pyridine rings is 1. The zero-order valence-electron chi connectivity index (χ0n) is 13.2. The molecule has 0 bridgehead atoms. The molecule has 0 saturated carbocycles. The minimum Gasteiger partial charge on any atom is -0.310 e. The van der Waals surface area contributed by atoms with E-state index in [1.54, 1.807) is 0 Å². The fraction of sp³-hybridized carbons (Fsp3) is 0.533. The molecule has 0 aliphatic carbocycles. The molecule has 114 valence electrons. The van der Waals surface area contributed by atoms with Crippen LogP contribution in [0.2, 0.25) is 0 Å². The molecular weight excluding hydrogens is 284 g/mol. The van der Waals surface area contributed by atoms with Crippen molar-refractivity contribution >= 4 is 12.2 Å². The maximum Gasteiger partial charge on any atom is 0.262 e. The molecule has 0 saturated heterocycles. The monoisotopic (exact) mass is 306 g/mol. The summed E-state index contributed by atoms with van der Waals surface area (Å²) >= 11 is 5.23. The van der Waals surface area contributed by atoms with E-state index in [4.69, 9.17) is 12.2 Å². The summed E-state index contributed by atoms with van der Waals surface area (Å²) in [5.74, 6) is 0.627. The molecule has 1 unspecified atom stereocenters. The summed E-state index contributed by atoms with van der Waals surface area (Å²) in [6, 6.07) is 2.20. The summed E-state index contributed by atoms with van der Waals surface area (Å²) in [6.07, 6.45) is 0.907. The smallest absolute Gasteiger partial charge is 0.262 e. The van der Waals surface area contributed by atoms with E-state index in [-0.39, 0.29) is 11.6 Å². The van der Waals surface area contributed by atoms with Crippen molar-refractivity contribution in [3.8, 4) is 11.4 Å². The molecule has 2 aromatic rings. The molecule has 1 N–H and O–H groups in total. The van der Waals surface area contributed by atoms with Crippen molar-refractivity contribution in [2.45, 2.75) is 53.6 Å². The van der Waals surface area contributed by atoms with Crippen molar-refractivity contribution in [2.24, 2.45) is 0 Å². The van der Waals surface area contributed by atoms with Gasteiger partial charge in [0.15, 0.2) is 10.6 Å². The van der Waals surface area contributed by atoms with Gasteiger partial charge >= 0.3 is 0 Å². The quantitative estimate of drug-likeness (QED) is 0.881. The fourth-order valence-electron chi connectivity index (χ4n) is 2.71. The molecule has 21 heavy (non-hydrogen) atoms. The Morgan fingerprint density at radius 3 is 2.62 bits per heavy atom. The summed E-state index contributed by atoms with van der Waals surface area (Å²) < 4.78 is 4.25. The third kappa shape index (κ3) is 2.60. The van der Waals surface area contributed by atoms with Gasteiger partial charge in [-0.3, -0.25) is 9.89 Å². The lowest BCUT2D eigenvalue weighted by atomic mass is 10.1. The van der Waals surface area contributed by atoms with E-state index >= 15 is 0 Å². The summed E-state index contributed by atoms with van der Waals surface area (Å²) in [4.78, 5) is 13.0. The first kappa shape index (κ1) is 15.7. The Hall–Kier alpha value is -1.69. The van der Waals surface area contributed by atoms with E-state index in [1.165, 1.54) is 0 Å². The van der Waals surface area contributed by atoms with E-state index in [0.29, 0.717) is 22.7 Å². The lowest BCUT2D eigenvalue weighted by molar-refractivity contribution is 0.502. The van der Waals surface area contributed by atoms with Crippen LogP contribution < -0.4 is 5.56 Å². The molecule has 0 fully saturated rings. The molecule has 2 rings (SSSR count). The number of aromatic nitrogens is 4. The molecule has 6 heteroatoms. The molecule has 2 aromatic heterocycles. The van der Waals surface area contributed by atoms with Gasteiger partial charge in [-0.25, -0.2) is 0 Å². The Labute approximate surface area is 129 Å². The van der Waals surface area contributed by atoms with E-state index in [0.717, 1.165) is 17.7 Å². The van der Waals surface area contributed by atoms with Gasteiger partial charge in [0.05, 0.1) is 5.56 Å². The van der Waals surface area contributed by atoms with E-state index in [2.05, 4.69) is 24.0 Å². The lowest BCUT2D eigenvalue weighted by Crippen LogP contribution is -2.28. The van der Waals surface area contributed by atoms with Gasteiger partial charge in [0.1, 0.15) is 0 Å². The van der Waals surface area contributed by atoms with Crippen molar-refractivity contribution in [3.63, 3.8) is 0 Å². The molecule has 1 atom stereocenters. The number of nitrogens with zero attached hydrogens (tertiary/aromatic N) is 3. The Morgan fingerprint density at radius 2 is 2.05 bits per heavy atom. The van der Waals surface area contributed by atoms with Gasteiger partial charge in [0, 0.05) is 18.3 Å². The Kier molecular flexibility index (Phi) is 4.46. The van der Waals surface area contributed by atoms with Crippen molar-refractivity contribution in [1.82, 2.24) is 19.3 Å². The van der Waals surface area contributed by atoms with Crippen molar-refractivity contribution < 1.29 is 0 Å². The third-order valence-electron chi connectivity index (χ3n) is 3.96. The number of nitrogens with one attached hydrogen (secondary N) is 1. The predicted molar refractivity (Wildman–Crippen MR) is 87.3 cm³/mol. The first-order valence-electron chi connectivity index (χ1n) is 7.30. The highest BCUT2D eigenvalue weighted by Gasteiger charge is 2.19. The second-order valence-corrected chi connectivity index (χ2v) is 5.76. The third-order valence-corrected chi connectivity index (χ3v) is 4.27. The van der Waals surface area contributed by atoms with Gasteiger partial charge < -0.3 is 9.13 Å². The fourth-order valence-corrected chi connectivity index (χ4v) is 2.97. The Morgan fingerprint density at radius 1 is 1.38 bits per heavy atom. The van der Waals surface area contributed by atoms with Gasteiger partial charge in [-0.1, -0.05) is 6.92 Å². The highest BCUT2D eigenvalue weighted by atomic mass is 32.1. The maximum atomic E-state index is 13.0. The summed E-state index contributed by atoms with van der Waals surface area (Å²) in [7, 11) is 0. The van der Waals surface area contributed by atoms with Crippen LogP contribution in [0.15, 0.2) is 10.9 Å². The Bertz CT molecular complexity index is 769. The molecule has 0 aliphatic rings. The van der Waals surface area contributed by atoms with Gasteiger partial charge in [-0.2, -0.15) is 5.10 Å². The Balaban J connectivity index is 2.81. The van der Waals surface area contributed by atoms with Crippen LogP contribution in [-0.4, -0.2) is 19.3 Å². The summed E-state index contributed by atoms with van der Waals surface area (Å²) in [6.45, 7) is 10.7. The highest BCUT2D eigenvalue weighted by Crippen LogP contribution is 2.21. The first-order chi connectivity index (χ1) is 9.92. The summed E-state index contributed by atoms with van der Waals surface area (Å²) in [5, 5.41) is 7.05. The van der Waals surface area contributed by atoms with Crippen LogP contribution in [0.25, 0.3) is 11.4 Å². The lowest BCUT2D eigenvalue weighted by Gasteiger charge is -2.19. The highest BCUT2D eigenvalue weighted by molar-refractivity contribution is 7.71. The minimum absolute atomic E-state index is 0.00514. The normalized spacial score (nSPS) is 12.6. The number of aromatic amines is 1. The summed E-state index contributed by atoms with van der Waals surface area (Å²) in [5.41, 5.74) is 2.55. The average molecular weight is 306 g/mol. The van der Waals surface area contributed by atoms with Crippen LogP contribution in [0.3, 0.4) is 0 Å². The largest absolute Gasteiger partial charge is 0.310 e. The zero-order chi connectivity index (χ0) is 15.7.